The second kappa shape index (κ2) is 3.74. The smallest absolute Gasteiger partial charge is 0.331 e. The molecule has 1 aliphatic carbocycles. The van der Waals surface area contributed by atoms with Gasteiger partial charge < -0.3 is 5.11 Å². The molecule has 1 saturated carbocycles. The molecule has 1 rings (SSSR count). The molecule has 0 heterocycles. The van der Waals surface area contributed by atoms with Gasteiger partial charge in [0.15, 0.2) is 0 Å². The van der Waals surface area contributed by atoms with E-state index in [1.54, 1.807) is 6.92 Å². The van der Waals surface area contributed by atoms with Crippen LogP contribution in [-0.2, 0) is 4.79 Å². The highest BCUT2D eigenvalue weighted by Gasteiger charge is 2.19. The van der Waals surface area contributed by atoms with Gasteiger partial charge in [0.2, 0.25) is 0 Å². The SMILES string of the molecule is CC(C(=O)O)=C(C)C1CCCC1. The van der Waals surface area contributed by atoms with Gasteiger partial charge in [-0.25, -0.2) is 4.79 Å². The monoisotopic (exact) mass is 168 g/mol. The summed E-state index contributed by atoms with van der Waals surface area (Å²) in [6.07, 6.45) is 4.87. The maximum absolute atomic E-state index is 10.6. The molecule has 0 amide bonds. The molecule has 68 valence electrons. The van der Waals surface area contributed by atoms with E-state index in [2.05, 4.69) is 0 Å². The van der Waals surface area contributed by atoms with Crippen molar-refractivity contribution >= 4 is 5.97 Å². The molecule has 0 aromatic carbocycles. The number of carbonyl (C=O) groups is 1. The van der Waals surface area contributed by atoms with Gasteiger partial charge in [0.25, 0.3) is 0 Å². The number of carboxylic acid groups (broad SMARTS) is 1. The lowest BCUT2D eigenvalue weighted by Gasteiger charge is -2.11. The van der Waals surface area contributed by atoms with Gasteiger partial charge in [-0.1, -0.05) is 18.4 Å². The van der Waals surface area contributed by atoms with Crippen molar-refractivity contribution in [2.24, 2.45) is 5.92 Å². The minimum atomic E-state index is -0.764. The predicted octanol–water partition coefficient (Wildman–Crippen LogP) is 2.60. The van der Waals surface area contributed by atoms with Crippen LogP contribution in [0.5, 0.6) is 0 Å². The predicted molar refractivity (Wildman–Crippen MR) is 48.0 cm³/mol. The van der Waals surface area contributed by atoms with Crippen molar-refractivity contribution in [3.63, 3.8) is 0 Å². The summed E-state index contributed by atoms with van der Waals surface area (Å²) in [5.41, 5.74) is 1.63. The second-order valence-electron chi connectivity index (χ2n) is 3.59. The summed E-state index contributed by atoms with van der Waals surface area (Å²) in [4.78, 5) is 10.6. The van der Waals surface area contributed by atoms with Crippen LogP contribution >= 0.6 is 0 Å². The minimum absolute atomic E-state index is 0.543. The van der Waals surface area contributed by atoms with Gasteiger partial charge in [0.1, 0.15) is 0 Å². The third-order valence-corrected chi connectivity index (χ3v) is 2.88. The molecule has 1 fully saturated rings. The molecule has 0 spiro atoms. The summed E-state index contributed by atoms with van der Waals surface area (Å²) < 4.78 is 0. The summed E-state index contributed by atoms with van der Waals surface area (Å²) in [5, 5.41) is 8.75. The summed E-state index contributed by atoms with van der Waals surface area (Å²) in [6.45, 7) is 3.66. The Kier molecular flexibility index (Phi) is 2.90. The first kappa shape index (κ1) is 9.30. The first-order chi connectivity index (χ1) is 5.63. The fraction of sp³-hybridized carbons (Fsp3) is 0.700. The van der Waals surface area contributed by atoms with Crippen LogP contribution in [0, 0.1) is 5.92 Å². The van der Waals surface area contributed by atoms with Crippen molar-refractivity contribution in [2.75, 3.05) is 0 Å². The molecule has 0 aromatic heterocycles. The summed E-state index contributed by atoms with van der Waals surface area (Å²) >= 11 is 0. The van der Waals surface area contributed by atoms with Crippen LogP contribution in [0.15, 0.2) is 11.1 Å². The van der Waals surface area contributed by atoms with E-state index in [-0.39, 0.29) is 0 Å². The Morgan fingerprint density at radius 3 is 2.17 bits per heavy atom. The van der Waals surface area contributed by atoms with Crippen LogP contribution < -0.4 is 0 Å². The second-order valence-corrected chi connectivity index (χ2v) is 3.59. The summed E-state index contributed by atoms with van der Waals surface area (Å²) in [7, 11) is 0. The molecular weight excluding hydrogens is 152 g/mol. The summed E-state index contributed by atoms with van der Waals surface area (Å²) in [5.74, 6) is -0.222. The maximum atomic E-state index is 10.6. The zero-order chi connectivity index (χ0) is 9.14. The molecule has 12 heavy (non-hydrogen) atoms. The fourth-order valence-corrected chi connectivity index (χ4v) is 1.83. The van der Waals surface area contributed by atoms with Crippen molar-refractivity contribution in [3.05, 3.63) is 11.1 Å². The van der Waals surface area contributed by atoms with Gasteiger partial charge in [-0.2, -0.15) is 0 Å². The summed E-state index contributed by atoms with van der Waals surface area (Å²) in [6, 6.07) is 0. The van der Waals surface area contributed by atoms with Crippen LogP contribution in [0.25, 0.3) is 0 Å². The molecule has 2 heteroatoms. The molecule has 0 aromatic rings. The van der Waals surface area contributed by atoms with E-state index in [0.29, 0.717) is 11.5 Å². The molecule has 0 atom stereocenters. The van der Waals surface area contributed by atoms with Gasteiger partial charge in [0.05, 0.1) is 0 Å². The van der Waals surface area contributed by atoms with Crippen LogP contribution in [0.4, 0.5) is 0 Å². The molecule has 0 aliphatic heterocycles. The average molecular weight is 168 g/mol. The standard InChI is InChI=1S/C10H16O2/c1-7(8(2)10(11)12)9-5-3-4-6-9/h9H,3-6H2,1-2H3,(H,11,12). The first-order valence-corrected chi connectivity index (χ1v) is 4.53. The Bertz CT molecular complexity index is 210. The highest BCUT2D eigenvalue weighted by atomic mass is 16.4. The minimum Gasteiger partial charge on any atom is -0.478 e. The van der Waals surface area contributed by atoms with Crippen molar-refractivity contribution in [1.82, 2.24) is 0 Å². The maximum Gasteiger partial charge on any atom is 0.331 e. The van der Waals surface area contributed by atoms with Crippen molar-refractivity contribution in [3.8, 4) is 0 Å². The topological polar surface area (TPSA) is 37.3 Å². The molecular formula is C10H16O2. The van der Waals surface area contributed by atoms with Crippen molar-refractivity contribution < 1.29 is 9.90 Å². The Labute approximate surface area is 73.3 Å². The number of hydrogen-bond donors (Lipinski definition) is 1. The first-order valence-electron chi connectivity index (χ1n) is 4.53. The third kappa shape index (κ3) is 1.87. The largest absolute Gasteiger partial charge is 0.478 e. The van der Waals surface area contributed by atoms with Gasteiger partial charge in [-0.05, 0) is 32.6 Å². The quantitative estimate of drug-likeness (QED) is 0.643. The zero-order valence-corrected chi connectivity index (χ0v) is 7.76. The Hall–Kier alpha value is -0.790. The molecule has 2 nitrogen and oxygen atoms in total. The highest BCUT2D eigenvalue weighted by Crippen LogP contribution is 2.32. The lowest BCUT2D eigenvalue weighted by molar-refractivity contribution is -0.132. The zero-order valence-electron chi connectivity index (χ0n) is 7.76. The van der Waals surface area contributed by atoms with Gasteiger partial charge in [-0.3, -0.25) is 0 Å². The van der Waals surface area contributed by atoms with E-state index in [4.69, 9.17) is 5.11 Å². The molecule has 1 aliphatic rings. The van der Waals surface area contributed by atoms with E-state index >= 15 is 0 Å². The Balaban J connectivity index is 2.72. The average Bonchev–Trinajstić information content (AvgIpc) is 2.53. The number of allylic oxidation sites excluding steroid dienone is 1. The highest BCUT2D eigenvalue weighted by molar-refractivity contribution is 5.86. The number of aliphatic carboxylic acids is 1. The van der Waals surface area contributed by atoms with Crippen molar-refractivity contribution in [1.29, 1.82) is 0 Å². The molecule has 0 bridgehead atoms. The Morgan fingerprint density at radius 1 is 1.25 bits per heavy atom. The molecule has 0 unspecified atom stereocenters. The lowest BCUT2D eigenvalue weighted by Crippen LogP contribution is -2.05. The normalized spacial score (nSPS) is 20.8. The number of rotatable bonds is 2. The van der Waals surface area contributed by atoms with Gasteiger partial charge >= 0.3 is 5.97 Å². The third-order valence-electron chi connectivity index (χ3n) is 2.88. The van der Waals surface area contributed by atoms with Crippen LogP contribution in [0.2, 0.25) is 0 Å². The van der Waals surface area contributed by atoms with Crippen LogP contribution in [0.1, 0.15) is 39.5 Å². The fourth-order valence-electron chi connectivity index (χ4n) is 1.83. The Morgan fingerprint density at radius 2 is 1.75 bits per heavy atom. The molecule has 0 radical (unpaired) electrons. The van der Waals surface area contributed by atoms with Gasteiger partial charge in [0, 0.05) is 5.57 Å². The van der Waals surface area contributed by atoms with E-state index in [1.165, 1.54) is 25.7 Å². The van der Waals surface area contributed by atoms with E-state index in [0.717, 1.165) is 5.57 Å². The van der Waals surface area contributed by atoms with Gasteiger partial charge in [-0.15, -0.1) is 0 Å². The van der Waals surface area contributed by atoms with Crippen LogP contribution in [0.3, 0.4) is 0 Å². The lowest BCUT2D eigenvalue weighted by atomic mass is 9.95. The van der Waals surface area contributed by atoms with Crippen molar-refractivity contribution in [2.45, 2.75) is 39.5 Å². The van der Waals surface area contributed by atoms with Crippen LogP contribution in [-0.4, -0.2) is 11.1 Å². The number of carboxylic acids is 1. The number of hydrogen-bond acceptors (Lipinski definition) is 1. The molecule has 1 N–H and O–H groups in total. The van der Waals surface area contributed by atoms with E-state index in [1.807, 2.05) is 6.92 Å². The molecule has 0 saturated heterocycles. The van der Waals surface area contributed by atoms with E-state index in [9.17, 15) is 4.79 Å². The van der Waals surface area contributed by atoms with E-state index < -0.39 is 5.97 Å².